The van der Waals surface area contributed by atoms with Gasteiger partial charge in [0.15, 0.2) is 0 Å². The average Bonchev–Trinajstić information content (AvgIpc) is 3.31. The Balaban J connectivity index is 1.54. The van der Waals surface area contributed by atoms with Crippen molar-refractivity contribution >= 4 is 22.2 Å². The maximum atomic E-state index is 6.51. The van der Waals surface area contributed by atoms with Gasteiger partial charge in [-0.25, -0.2) is 0 Å². The Morgan fingerprint density at radius 3 is 2.62 bits per heavy atom. The summed E-state index contributed by atoms with van der Waals surface area (Å²) in [5.41, 5.74) is 5.56. The zero-order valence-corrected chi connectivity index (χ0v) is 16.4. The van der Waals surface area contributed by atoms with E-state index >= 15 is 0 Å². The first-order chi connectivity index (χ1) is 12.6. The molecule has 2 aliphatic rings. The minimum atomic E-state index is -0.137. The van der Waals surface area contributed by atoms with Crippen molar-refractivity contribution in [2.45, 2.75) is 43.2 Å². The van der Waals surface area contributed by atoms with Crippen LogP contribution in [0.4, 0.5) is 0 Å². The van der Waals surface area contributed by atoms with E-state index in [-0.39, 0.29) is 11.1 Å². The first-order valence-corrected chi connectivity index (χ1v) is 10.5. The Morgan fingerprint density at radius 2 is 1.88 bits per heavy atom. The Bertz CT molecular complexity index is 917. The fourth-order valence-corrected chi connectivity index (χ4v) is 6.00. The number of thiophene rings is 1. The summed E-state index contributed by atoms with van der Waals surface area (Å²) < 4.78 is 6.51. The number of aromatic nitrogens is 1. The van der Waals surface area contributed by atoms with Gasteiger partial charge in [-0.1, -0.05) is 18.2 Å². The minimum absolute atomic E-state index is 0.137. The number of para-hydroxylation sites is 1. The molecule has 1 aliphatic heterocycles. The van der Waals surface area contributed by atoms with Crippen LogP contribution in [0.3, 0.4) is 0 Å². The number of rotatable bonds is 2. The molecule has 26 heavy (non-hydrogen) atoms. The van der Waals surface area contributed by atoms with Crippen molar-refractivity contribution in [3.05, 3.63) is 57.9 Å². The predicted octanol–water partition coefficient (Wildman–Crippen LogP) is 5.03. The molecule has 1 aliphatic carbocycles. The van der Waals surface area contributed by atoms with E-state index < -0.39 is 0 Å². The highest BCUT2D eigenvalue weighted by molar-refractivity contribution is 7.08. The van der Waals surface area contributed by atoms with Crippen LogP contribution in [0.2, 0.25) is 0 Å². The topological polar surface area (TPSA) is 28.3 Å². The lowest BCUT2D eigenvalue weighted by Gasteiger charge is -2.50. The van der Waals surface area contributed by atoms with Crippen LogP contribution in [0.15, 0.2) is 41.1 Å². The van der Waals surface area contributed by atoms with Crippen molar-refractivity contribution in [3.63, 3.8) is 0 Å². The minimum Gasteiger partial charge on any atom is -0.368 e. The fraction of sp³-hybridized carbons (Fsp3) is 0.455. The summed E-state index contributed by atoms with van der Waals surface area (Å²) in [4.78, 5) is 6.16. The van der Waals surface area contributed by atoms with E-state index in [1.54, 1.807) is 11.3 Å². The van der Waals surface area contributed by atoms with Crippen LogP contribution in [0.25, 0.3) is 10.9 Å². The molecule has 3 heterocycles. The third kappa shape index (κ3) is 2.25. The number of nitrogens with zero attached hydrogens (tertiary/aromatic N) is 1. The van der Waals surface area contributed by atoms with Gasteiger partial charge in [-0.05, 0) is 80.2 Å². The lowest BCUT2D eigenvalue weighted by atomic mass is 9.68. The van der Waals surface area contributed by atoms with E-state index in [1.165, 1.54) is 27.7 Å². The molecule has 0 atom stereocenters. The molecular formula is C22H26N2OS. The van der Waals surface area contributed by atoms with Crippen molar-refractivity contribution in [2.24, 2.45) is 0 Å². The molecule has 1 aromatic carbocycles. The van der Waals surface area contributed by atoms with Crippen LogP contribution in [-0.4, -0.2) is 30.6 Å². The van der Waals surface area contributed by atoms with Gasteiger partial charge in [-0.15, -0.1) is 0 Å². The van der Waals surface area contributed by atoms with Gasteiger partial charge >= 0.3 is 0 Å². The van der Waals surface area contributed by atoms with Gasteiger partial charge < -0.3 is 9.72 Å². The fourth-order valence-electron chi connectivity index (χ4n) is 5.25. The van der Waals surface area contributed by atoms with Gasteiger partial charge in [0.1, 0.15) is 5.60 Å². The molecule has 4 heteroatoms. The van der Waals surface area contributed by atoms with Gasteiger partial charge in [0.2, 0.25) is 0 Å². The van der Waals surface area contributed by atoms with Crippen LogP contribution in [0, 0.1) is 0 Å². The normalized spacial score (nSPS) is 28.7. The second-order valence-electron chi connectivity index (χ2n) is 8.05. The van der Waals surface area contributed by atoms with E-state index in [9.17, 15) is 0 Å². The van der Waals surface area contributed by atoms with E-state index in [0.717, 1.165) is 38.7 Å². The molecule has 1 N–H and O–H groups in total. The Hall–Kier alpha value is -1.62. The van der Waals surface area contributed by atoms with Gasteiger partial charge in [0.05, 0.1) is 12.3 Å². The predicted molar refractivity (Wildman–Crippen MR) is 108 cm³/mol. The summed E-state index contributed by atoms with van der Waals surface area (Å²) in [6, 6.07) is 11.0. The lowest BCUT2D eigenvalue weighted by Crippen LogP contribution is -2.49. The second-order valence-corrected chi connectivity index (χ2v) is 8.83. The van der Waals surface area contributed by atoms with Gasteiger partial charge in [0, 0.05) is 16.4 Å². The molecule has 2 aromatic heterocycles. The third-order valence-corrected chi connectivity index (χ3v) is 7.48. The Kier molecular flexibility index (Phi) is 3.78. The Labute approximate surface area is 159 Å². The number of hydrogen-bond acceptors (Lipinski definition) is 3. The van der Waals surface area contributed by atoms with Crippen LogP contribution in [0.5, 0.6) is 0 Å². The first-order valence-electron chi connectivity index (χ1n) is 9.59. The third-order valence-electron chi connectivity index (χ3n) is 6.80. The summed E-state index contributed by atoms with van der Waals surface area (Å²) >= 11 is 1.80. The van der Waals surface area contributed by atoms with Crippen LogP contribution in [-0.2, 0) is 22.3 Å². The number of H-pyrrole nitrogens is 1. The molecule has 3 nitrogen and oxygen atoms in total. The van der Waals surface area contributed by atoms with Gasteiger partial charge in [0.25, 0.3) is 0 Å². The van der Waals surface area contributed by atoms with Crippen LogP contribution in [0.1, 0.15) is 42.5 Å². The SMILES string of the molecule is CN(C)C1(c2ccsc2)CCC2(CC1)OCCc1c2[nH]c2ccccc12. The zero-order chi connectivity index (χ0) is 17.8. The summed E-state index contributed by atoms with van der Waals surface area (Å²) in [6.45, 7) is 0.836. The molecule has 1 spiro atoms. The van der Waals surface area contributed by atoms with Crippen LogP contribution >= 0.6 is 11.3 Å². The molecule has 0 saturated heterocycles. The summed E-state index contributed by atoms with van der Waals surface area (Å²) in [5.74, 6) is 0. The largest absolute Gasteiger partial charge is 0.368 e. The smallest absolute Gasteiger partial charge is 0.108 e. The average molecular weight is 367 g/mol. The van der Waals surface area contributed by atoms with E-state index in [4.69, 9.17) is 4.74 Å². The molecule has 0 radical (unpaired) electrons. The van der Waals surface area contributed by atoms with Crippen LogP contribution < -0.4 is 0 Å². The number of aromatic amines is 1. The van der Waals surface area contributed by atoms with Gasteiger partial charge in [-0.2, -0.15) is 11.3 Å². The molecule has 0 unspecified atom stereocenters. The standard InChI is InChI=1S/C22H26N2OS/c1-24(2)21(16-8-14-26-15-16)9-11-22(12-10-21)20-18(7-13-25-22)17-5-3-4-6-19(17)23-20/h3-6,8,14-15,23H,7,9-13H2,1-2H3. The second kappa shape index (κ2) is 5.95. The number of ether oxygens (including phenoxy) is 1. The molecule has 1 saturated carbocycles. The highest BCUT2D eigenvalue weighted by Crippen LogP contribution is 2.52. The monoisotopic (exact) mass is 366 g/mol. The highest BCUT2D eigenvalue weighted by atomic mass is 32.1. The molecule has 3 aromatic rings. The van der Waals surface area contributed by atoms with Crippen molar-refractivity contribution < 1.29 is 4.74 Å². The molecule has 136 valence electrons. The maximum absolute atomic E-state index is 6.51. The number of benzene rings is 1. The maximum Gasteiger partial charge on any atom is 0.108 e. The summed E-state index contributed by atoms with van der Waals surface area (Å²) in [7, 11) is 4.46. The van der Waals surface area contributed by atoms with Gasteiger partial charge in [-0.3, -0.25) is 4.90 Å². The number of hydrogen-bond donors (Lipinski definition) is 1. The first kappa shape index (κ1) is 16.5. The van der Waals surface area contributed by atoms with E-state index in [0.29, 0.717) is 0 Å². The molecule has 0 amide bonds. The Morgan fingerprint density at radius 1 is 1.08 bits per heavy atom. The van der Waals surface area contributed by atoms with Crippen molar-refractivity contribution in [1.82, 2.24) is 9.88 Å². The van der Waals surface area contributed by atoms with Crippen molar-refractivity contribution in [1.29, 1.82) is 0 Å². The number of fused-ring (bicyclic) bond motifs is 4. The van der Waals surface area contributed by atoms with E-state index in [1.807, 2.05) is 0 Å². The molecule has 0 bridgehead atoms. The molecule has 5 rings (SSSR count). The summed E-state index contributed by atoms with van der Waals surface area (Å²) in [6.07, 6.45) is 5.42. The molecule has 1 fully saturated rings. The summed E-state index contributed by atoms with van der Waals surface area (Å²) in [5, 5.41) is 5.92. The zero-order valence-electron chi connectivity index (χ0n) is 15.5. The molecular weight excluding hydrogens is 340 g/mol. The van der Waals surface area contributed by atoms with Crippen molar-refractivity contribution in [3.8, 4) is 0 Å². The van der Waals surface area contributed by atoms with Crippen molar-refractivity contribution in [2.75, 3.05) is 20.7 Å². The quantitative estimate of drug-likeness (QED) is 0.689. The van der Waals surface area contributed by atoms with E-state index in [2.05, 4.69) is 65.1 Å². The highest BCUT2D eigenvalue weighted by Gasteiger charge is 2.49. The number of nitrogens with one attached hydrogen (secondary N) is 1. The lowest BCUT2D eigenvalue weighted by molar-refractivity contribution is -0.113.